The molecule has 0 amide bonds. The molecule has 1 nitrogen and oxygen atoms in total. The van der Waals surface area contributed by atoms with E-state index in [1.807, 2.05) is 6.92 Å². The molecular weight excluding hydrogens is 153 g/mol. The van der Waals surface area contributed by atoms with Gasteiger partial charge < -0.3 is 5.73 Å². The molecule has 0 aromatic heterocycles. The molecule has 1 saturated carbocycles. The fourth-order valence-electron chi connectivity index (χ4n) is 2.22. The molecule has 0 spiro atoms. The topological polar surface area (TPSA) is 26.0 Å². The van der Waals surface area contributed by atoms with Gasteiger partial charge in [-0.05, 0) is 25.2 Å². The maximum atomic E-state index is 14.0. The summed E-state index contributed by atoms with van der Waals surface area (Å²) in [5.41, 5.74) is 4.40. The summed E-state index contributed by atoms with van der Waals surface area (Å²) in [5.74, 6) is 0.237. The standard InChI is InChI=1S/C10H20FN/c1-2-10(11,8-12)9-6-4-3-5-7-9/h9H,2-8,12H2,1H3. The summed E-state index contributed by atoms with van der Waals surface area (Å²) in [7, 11) is 0. The first kappa shape index (κ1) is 9.97. The zero-order valence-corrected chi connectivity index (χ0v) is 7.98. The molecule has 1 rings (SSSR count). The van der Waals surface area contributed by atoms with E-state index in [-0.39, 0.29) is 12.5 Å². The molecule has 12 heavy (non-hydrogen) atoms. The van der Waals surface area contributed by atoms with Crippen LogP contribution in [0.15, 0.2) is 0 Å². The fourth-order valence-corrected chi connectivity index (χ4v) is 2.22. The predicted octanol–water partition coefficient (Wildman–Crippen LogP) is 2.64. The second-order valence-electron chi connectivity index (χ2n) is 3.93. The fraction of sp³-hybridized carbons (Fsp3) is 1.00. The molecule has 2 N–H and O–H groups in total. The highest BCUT2D eigenvalue weighted by molar-refractivity contribution is 4.88. The molecule has 0 aromatic rings. The van der Waals surface area contributed by atoms with Gasteiger partial charge >= 0.3 is 0 Å². The molecule has 1 unspecified atom stereocenters. The quantitative estimate of drug-likeness (QED) is 0.697. The third kappa shape index (κ3) is 1.98. The van der Waals surface area contributed by atoms with Crippen molar-refractivity contribution in [2.75, 3.05) is 6.54 Å². The van der Waals surface area contributed by atoms with Gasteiger partial charge in [0.15, 0.2) is 0 Å². The Morgan fingerprint density at radius 1 is 1.33 bits per heavy atom. The highest BCUT2D eigenvalue weighted by Crippen LogP contribution is 2.36. The first-order valence-corrected chi connectivity index (χ1v) is 5.12. The number of hydrogen-bond donors (Lipinski definition) is 1. The molecule has 0 saturated heterocycles. The lowest BCUT2D eigenvalue weighted by Gasteiger charge is -2.34. The molecule has 1 aliphatic carbocycles. The van der Waals surface area contributed by atoms with E-state index in [2.05, 4.69) is 0 Å². The van der Waals surface area contributed by atoms with Gasteiger partial charge in [-0.2, -0.15) is 0 Å². The van der Waals surface area contributed by atoms with Crippen molar-refractivity contribution in [2.45, 2.75) is 51.1 Å². The Morgan fingerprint density at radius 2 is 1.92 bits per heavy atom. The SMILES string of the molecule is CCC(F)(CN)C1CCCCC1. The van der Waals surface area contributed by atoms with Gasteiger partial charge in [-0.25, -0.2) is 4.39 Å². The van der Waals surface area contributed by atoms with Crippen molar-refractivity contribution >= 4 is 0 Å². The summed E-state index contributed by atoms with van der Waals surface area (Å²) in [4.78, 5) is 0. The second-order valence-corrected chi connectivity index (χ2v) is 3.93. The minimum absolute atomic E-state index is 0.203. The van der Waals surface area contributed by atoms with Crippen LogP contribution in [0.1, 0.15) is 45.4 Å². The summed E-state index contributed by atoms with van der Waals surface area (Å²) >= 11 is 0. The third-order valence-corrected chi connectivity index (χ3v) is 3.26. The van der Waals surface area contributed by atoms with Crippen molar-refractivity contribution in [3.05, 3.63) is 0 Å². The van der Waals surface area contributed by atoms with Crippen molar-refractivity contribution in [1.82, 2.24) is 0 Å². The molecule has 0 radical (unpaired) electrons. The lowest BCUT2D eigenvalue weighted by molar-refractivity contribution is 0.0603. The van der Waals surface area contributed by atoms with Gasteiger partial charge in [0, 0.05) is 6.54 Å². The van der Waals surface area contributed by atoms with Crippen LogP contribution in [0.3, 0.4) is 0 Å². The lowest BCUT2D eigenvalue weighted by atomic mass is 9.77. The van der Waals surface area contributed by atoms with Crippen LogP contribution in [0, 0.1) is 5.92 Å². The molecule has 2 heteroatoms. The normalized spacial score (nSPS) is 25.2. The van der Waals surface area contributed by atoms with Gasteiger partial charge in [-0.1, -0.05) is 26.2 Å². The van der Waals surface area contributed by atoms with Gasteiger partial charge in [0.2, 0.25) is 0 Å². The van der Waals surface area contributed by atoms with Crippen LogP contribution in [-0.4, -0.2) is 12.2 Å². The zero-order valence-electron chi connectivity index (χ0n) is 7.98. The van der Waals surface area contributed by atoms with Crippen molar-refractivity contribution < 1.29 is 4.39 Å². The first-order chi connectivity index (χ1) is 5.73. The van der Waals surface area contributed by atoms with Gasteiger partial charge in [0.1, 0.15) is 5.67 Å². The van der Waals surface area contributed by atoms with Crippen molar-refractivity contribution in [1.29, 1.82) is 0 Å². The minimum Gasteiger partial charge on any atom is -0.328 e. The van der Waals surface area contributed by atoms with Gasteiger partial charge in [0.25, 0.3) is 0 Å². The Hall–Kier alpha value is -0.110. The number of halogens is 1. The number of alkyl halides is 1. The molecule has 0 bridgehead atoms. The largest absolute Gasteiger partial charge is 0.328 e. The van der Waals surface area contributed by atoms with Crippen LogP contribution in [0.2, 0.25) is 0 Å². The number of hydrogen-bond acceptors (Lipinski definition) is 1. The molecule has 72 valence electrons. The average Bonchev–Trinajstić information content (AvgIpc) is 2.18. The summed E-state index contributed by atoms with van der Waals surface area (Å²) in [6, 6.07) is 0. The van der Waals surface area contributed by atoms with Crippen molar-refractivity contribution in [2.24, 2.45) is 11.7 Å². The Kier molecular flexibility index (Phi) is 3.51. The van der Waals surface area contributed by atoms with E-state index < -0.39 is 5.67 Å². The molecule has 0 aromatic carbocycles. The molecule has 0 heterocycles. The van der Waals surface area contributed by atoms with Crippen LogP contribution in [0.25, 0.3) is 0 Å². The van der Waals surface area contributed by atoms with Gasteiger partial charge in [-0.3, -0.25) is 0 Å². The predicted molar refractivity (Wildman–Crippen MR) is 49.8 cm³/mol. The van der Waals surface area contributed by atoms with E-state index in [1.54, 1.807) is 0 Å². The summed E-state index contributed by atoms with van der Waals surface area (Å²) < 4.78 is 14.0. The van der Waals surface area contributed by atoms with Crippen LogP contribution in [-0.2, 0) is 0 Å². The molecule has 1 fully saturated rings. The maximum absolute atomic E-state index is 14.0. The van der Waals surface area contributed by atoms with Crippen LogP contribution in [0.4, 0.5) is 4.39 Å². The Morgan fingerprint density at radius 3 is 2.33 bits per heavy atom. The Labute approximate surface area is 74.5 Å². The molecular formula is C10H20FN. The monoisotopic (exact) mass is 173 g/mol. The smallest absolute Gasteiger partial charge is 0.125 e. The maximum Gasteiger partial charge on any atom is 0.125 e. The van der Waals surface area contributed by atoms with Crippen molar-refractivity contribution in [3.63, 3.8) is 0 Å². The van der Waals surface area contributed by atoms with E-state index in [9.17, 15) is 4.39 Å². The van der Waals surface area contributed by atoms with E-state index >= 15 is 0 Å². The van der Waals surface area contributed by atoms with Gasteiger partial charge in [-0.15, -0.1) is 0 Å². The van der Waals surface area contributed by atoms with E-state index in [0.717, 1.165) is 12.8 Å². The summed E-state index contributed by atoms with van der Waals surface area (Å²) in [6.45, 7) is 2.11. The average molecular weight is 173 g/mol. The summed E-state index contributed by atoms with van der Waals surface area (Å²) in [5, 5.41) is 0. The second kappa shape index (κ2) is 4.22. The lowest BCUT2D eigenvalue weighted by Crippen LogP contribution is -2.41. The zero-order chi connectivity index (χ0) is 9.03. The minimum atomic E-state index is -1.07. The Bertz CT molecular complexity index is 126. The molecule has 1 aliphatic rings. The van der Waals surface area contributed by atoms with Crippen LogP contribution >= 0.6 is 0 Å². The van der Waals surface area contributed by atoms with E-state index in [1.165, 1.54) is 19.3 Å². The Balaban J connectivity index is 2.51. The van der Waals surface area contributed by atoms with Gasteiger partial charge in [0.05, 0.1) is 0 Å². The summed E-state index contributed by atoms with van der Waals surface area (Å²) in [6.07, 6.45) is 6.32. The van der Waals surface area contributed by atoms with Crippen LogP contribution in [0.5, 0.6) is 0 Å². The van der Waals surface area contributed by atoms with E-state index in [0.29, 0.717) is 6.42 Å². The highest BCUT2D eigenvalue weighted by atomic mass is 19.1. The molecule has 0 aliphatic heterocycles. The highest BCUT2D eigenvalue weighted by Gasteiger charge is 2.36. The third-order valence-electron chi connectivity index (χ3n) is 3.26. The van der Waals surface area contributed by atoms with E-state index in [4.69, 9.17) is 5.73 Å². The molecule has 1 atom stereocenters. The van der Waals surface area contributed by atoms with Crippen LogP contribution < -0.4 is 5.73 Å². The number of rotatable bonds is 3. The van der Waals surface area contributed by atoms with Crippen molar-refractivity contribution in [3.8, 4) is 0 Å². The number of nitrogens with two attached hydrogens (primary N) is 1. The first-order valence-electron chi connectivity index (χ1n) is 5.12.